The molecule has 0 saturated carbocycles. The molecule has 1 aliphatic rings. The molecule has 1 rings (SSSR count). The maximum absolute atomic E-state index is 12.0. The highest BCUT2D eigenvalue weighted by Crippen LogP contribution is 2.19. The number of piperazine rings is 1. The van der Waals surface area contributed by atoms with Crippen LogP contribution in [-0.2, 0) is 14.3 Å². The molecule has 8 heteroatoms. The predicted octanol–water partition coefficient (Wildman–Crippen LogP) is 0.650. The minimum absolute atomic E-state index is 0.240. The van der Waals surface area contributed by atoms with Crippen LogP contribution in [0, 0.1) is 0 Å². The molecule has 5 nitrogen and oxygen atoms in total. The highest BCUT2D eigenvalue weighted by molar-refractivity contribution is 5.97. The van der Waals surface area contributed by atoms with Crippen LogP contribution in [0.5, 0.6) is 0 Å². The van der Waals surface area contributed by atoms with Gasteiger partial charge in [0, 0.05) is 6.54 Å². The van der Waals surface area contributed by atoms with Crippen LogP contribution in [0.15, 0.2) is 0 Å². The lowest BCUT2D eigenvalue weighted by molar-refractivity contribution is -0.324. The first-order valence-electron chi connectivity index (χ1n) is 5.49. The third-order valence-electron chi connectivity index (χ3n) is 2.84. The van der Waals surface area contributed by atoms with Gasteiger partial charge < -0.3 is 10.2 Å². The topological polar surface area (TPSA) is 58.6 Å². The van der Waals surface area contributed by atoms with Crippen molar-refractivity contribution >= 4 is 11.8 Å². The normalized spacial score (nSPS) is 25.3. The summed E-state index contributed by atoms with van der Waals surface area (Å²) in [6, 6.07) is 0. The summed E-state index contributed by atoms with van der Waals surface area (Å²) in [6.07, 6.45) is -4.36. The summed E-state index contributed by atoms with van der Waals surface area (Å²) in [5.74, 6) is -0.777. The van der Waals surface area contributed by atoms with Crippen molar-refractivity contribution < 1.29 is 27.5 Å². The Kier molecular flexibility index (Phi) is 4.20. The maximum atomic E-state index is 12.0. The third-order valence-corrected chi connectivity index (χ3v) is 2.84. The number of nitrogens with one attached hydrogen (secondary N) is 1. The molecule has 0 bridgehead atoms. The Hall–Kier alpha value is -1.31. The molecule has 18 heavy (non-hydrogen) atoms. The predicted molar refractivity (Wildman–Crippen MR) is 55.4 cm³/mol. The molecule has 1 fully saturated rings. The van der Waals surface area contributed by atoms with E-state index in [4.69, 9.17) is 0 Å². The number of carbonyl (C=O) groups is 2. The number of ether oxygens (including phenoxy) is 1. The Morgan fingerprint density at radius 1 is 1.44 bits per heavy atom. The van der Waals surface area contributed by atoms with Crippen LogP contribution in [0.2, 0.25) is 0 Å². The van der Waals surface area contributed by atoms with E-state index >= 15 is 0 Å². The summed E-state index contributed by atoms with van der Waals surface area (Å²) in [5.41, 5.74) is -1.05. The van der Waals surface area contributed by atoms with Crippen LogP contribution in [0.25, 0.3) is 0 Å². The van der Waals surface area contributed by atoms with Crippen LogP contribution < -0.4 is 5.32 Å². The van der Waals surface area contributed by atoms with Crippen molar-refractivity contribution in [3.63, 3.8) is 0 Å². The summed E-state index contributed by atoms with van der Waals surface area (Å²) in [4.78, 5) is 24.4. The monoisotopic (exact) mass is 268 g/mol. The van der Waals surface area contributed by atoms with E-state index in [0.717, 1.165) is 4.90 Å². The first-order chi connectivity index (χ1) is 8.18. The molecule has 1 heterocycles. The molecule has 1 aliphatic heterocycles. The van der Waals surface area contributed by atoms with Gasteiger partial charge in [0.2, 0.25) is 11.8 Å². The van der Waals surface area contributed by atoms with Gasteiger partial charge in [0.15, 0.2) is 0 Å². The zero-order valence-electron chi connectivity index (χ0n) is 10.1. The van der Waals surface area contributed by atoms with E-state index in [1.54, 1.807) is 13.8 Å². The smallest absolute Gasteiger partial charge is 0.340 e. The van der Waals surface area contributed by atoms with Gasteiger partial charge in [-0.1, -0.05) is 6.92 Å². The Balaban J connectivity index is 2.59. The summed E-state index contributed by atoms with van der Waals surface area (Å²) >= 11 is 0. The average Bonchev–Trinajstić information content (AvgIpc) is 2.23. The van der Waals surface area contributed by atoms with Crippen molar-refractivity contribution in [3.05, 3.63) is 0 Å². The van der Waals surface area contributed by atoms with Gasteiger partial charge >= 0.3 is 6.36 Å². The molecule has 1 atom stereocenters. The van der Waals surface area contributed by atoms with E-state index in [1.807, 2.05) is 0 Å². The molecule has 0 aromatic rings. The van der Waals surface area contributed by atoms with Gasteiger partial charge in [-0.3, -0.25) is 14.3 Å². The molecular formula is C10H15F3N2O3. The van der Waals surface area contributed by atoms with Gasteiger partial charge in [-0.25, -0.2) is 0 Å². The minimum atomic E-state index is -4.73. The van der Waals surface area contributed by atoms with E-state index in [2.05, 4.69) is 10.1 Å². The molecule has 0 aromatic heterocycles. The number of amides is 2. The van der Waals surface area contributed by atoms with Crippen LogP contribution >= 0.6 is 0 Å². The van der Waals surface area contributed by atoms with Gasteiger partial charge in [-0.15, -0.1) is 13.2 Å². The minimum Gasteiger partial charge on any atom is -0.340 e. The molecule has 0 spiro atoms. The van der Waals surface area contributed by atoms with Crippen LogP contribution in [0.1, 0.15) is 20.3 Å². The molecule has 1 saturated heterocycles. The van der Waals surface area contributed by atoms with Gasteiger partial charge in [0.25, 0.3) is 0 Å². The Bertz CT molecular complexity index is 346. The van der Waals surface area contributed by atoms with Crippen LogP contribution in [0.3, 0.4) is 0 Å². The van der Waals surface area contributed by atoms with Crippen molar-refractivity contribution in [1.82, 2.24) is 10.2 Å². The highest BCUT2D eigenvalue weighted by Gasteiger charge is 2.41. The summed E-state index contributed by atoms with van der Waals surface area (Å²) < 4.78 is 39.0. The van der Waals surface area contributed by atoms with E-state index in [0.29, 0.717) is 6.42 Å². The number of rotatable bonds is 4. The van der Waals surface area contributed by atoms with Gasteiger partial charge in [0.1, 0.15) is 5.54 Å². The van der Waals surface area contributed by atoms with Crippen molar-refractivity contribution in [1.29, 1.82) is 0 Å². The Labute approximate surface area is 102 Å². The summed E-state index contributed by atoms with van der Waals surface area (Å²) in [6.45, 7) is 2.08. The second-order valence-electron chi connectivity index (χ2n) is 4.25. The zero-order valence-corrected chi connectivity index (χ0v) is 10.1. The number of alkyl halides is 3. The fourth-order valence-corrected chi connectivity index (χ4v) is 1.69. The molecule has 0 aliphatic carbocycles. The molecule has 1 unspecified atom stereocenters. The molecule has 104 valence electrons. The van der Waals surface area contributed by atoms with Crippen LogP contribution in [0.4, 0.5) is 13.2 Å². The lowest BCUT2D eigenvalue weighted by Crippen LogP contribution is -2.65. The molecule has 0 aromatic carbocycles. The Morgan fingerprint density at radius 3 is 2.56 bits per heavy atom. The highest BCUT2D eigenvalue weighted by atomic mass is 19.4. The van der Waals surface area contributed by atoms with Gasteiger partial charge in [-0.2, -0.15) is 0 Å². The fourth-order valence-electron chi connectivity index (χ4n) is 1.69. The second kappa shape index (κ2) is 5.13. The first-order valence-corrected chi connectivity index (χ1v) is 5.49. The van der Waals surface area contributed by atoms with Crippen molar-refractivity contribution in [3.8, 4) is 0 Å². The van der Waals surface area contributed by atoms with Gasteiger partial charge in [-0.05, 0) is 13.3 Å². The third kappa shape index (κ3) is 3.59. The summed E-state index contributed by atoms with van der Waals surface area (Å²) in [7, 11) is 0. The largest absolute Gasteiger partial charge is 0.522 e. The van der Waals surface area contributed by atoms with Crippen molar-refractivity contribution in [2.24, 2.45) is 0 Å². The number of hydrogen-bond acceptors (Lipinski definition) is 3. The maximum Gasteiger partial charge on any atom is 0.522 e. The van der Waals surface area contributed by atoms with E-state index in [9.17, 15) is 22.8 Å². The average molecular weight is 268 g/mol. The SMILES string of the molecule is CCC1(C)NC(=O)CN(CCOC(F)(F)F)C1=O. The lowest BCUT2D eigenvalue weighted by Gasteiger charge is -2.39. The second-order valence-corrected chi connectivity index (χ2v) is 4.25. The number of carbonyl (C=O) groups excluding carboxylic acids is 2. The van der Waals surface area contributed by atoms with Crippen molar-refractivity contribution in [2.45, 2.75) is 32.2 Å². The molecule has 0 radical (unpaired) electrons. The molecular weight excluding hydrogens is 253 g/mol. The van der Waals surface area contributed by atoms with Crippen molar-refractivity contribution in [2.75, 3.05) is 19.7 Å². The number of nitrogens with zero attached hydrogens (tertiary/aromatic N) is 1. The fraction of sp³-hybridized carbons (Fsp3) is 0.800. The first kappa shape index (κ1) is 14.7. The molecule has 1 N–H and O–H groups in total. The number of hydrogen-bond donors (Lipinski definition) is 1. The quantitative estimate of drug-likeness (QED) is 0.814. The number of halogens is 3. The van der Waals surface area contributed by atoms with Gasteiger partial charge in [0.05, 0.1) is 13.2 Å². The standard InChI is InChI=1S/C10H15F3N2O3/c1-3-9(2)8(17)15(6-7(16)14-9)4-5-18-10(11,12)13/h3-6H2,1-2H3,(H,14,16). The lowest BCUT2D eigenvalue weighted by atomic mass is 9.94. The van der Waals surface area contributed by atoms with Crippen LogP contribution in [-0.4, -0.2) is 48.3 Å². The molecule has 2 amide bonds. The summed E-state index contributed by atoms with van der Waals surface area (Å²) in [5, 5.41) is 2.54. The zero-order chi connectivity index (χ0) is 14.0. The Morgan fingerprint density at radius 2 is 2.06 bits per heavy atom. The van der Waals surface area contributed by atoms with E-state index in [1.165, 1.54) is 0 Å². The van der Waals surface area contributed by atoms with E-state index < -0.39 is 24.4 Å². The van der Waals surface area contributed by atoms with E-state index in [-0.39, 0.29) is 19.0 Å².